The molecule has 1 aromatic heterocycles. The van der Waals surface area contributed by atoms with Crippen LogP contribution in [0.1, 0.15) is 48.3 Å². The zero-order valence-corrected chi connectivity index (χ0v) is 15.2. The lowest BCUT2D eigenvalue weighted by Gasteiger charge is -2.26. The largest absolute Gasteiger partial charge is 0.355 e. The van der Waals surface area contributed by atoms with Gasteiger partial charge in [0.25, 0.3) is 5.91 Å². The summed E-state index contributed by atoms with van der Waals surface area (Å²) in [6, 6.07) is 13.1. The van der Waals surface area contributed by atoms with Gasteiger partial charge in [0, 0.05) is 25.7 Å². The van der Waals surface area contributed by atoms with Gasteiger partial charge >= 0.3 is 0 Å². The van der Waals surface area contributed by atoms with Crippen LogP contribution in [0.3, 0.4) is 0 Å². The summed E-state index contributed by atoms with van der Waals surface area (Å²) in [5.74, 6) is 0.701. The highest BCUT2D eigenvalue weighted by molar-refractivity contribution is 5.92. The second-order valence-corrected chi connectivity index (χ2v) is 6.81. The van der Waals surface area contributed by atoms with Gasteiger partial charge in [0.05, 0.1) is 11.6 Å². The quantitative estimate of drug-likeness (QED) is 0.830. The molecule has 0 aliphatic carbocycles. The molecule has 6 nitrogen and oxygen atoms in total. The highest BCUT2D eigenvalue weighted by atomic mass is 16.2. The predicted octanol–water partition coefficient (Wildman–Crippen LogP) is 3.00. The SMILES string of the molecule is CC(C)N(Cc1ccc(C#N)cc1)C(=O)c1ccc(N2CCCC2)nn1. The van der Waals surface area contributed by atoms with Crippen LogP contribution in [-0.2, 0) is 6.54 Å². The third-order valence-electron chi connectivity index (χ3n) is 4.62. The van der Waals surface area contributed by atoms with Crippen molar-refractivity contribution in [3.8, 4) is 6.07 Å². The van der Waals surface area contributed by atoms with E-state index in [1.54, 1.807) is 23.1 Å². The highest BCUT2D eigenvalue weighted by Gasteiger charge is 2.22. The molecule has 1 aromatic carbocycles. The van der Waals surface area contributed by atoms with Gasteiger partial charge in [0.1, 0.15) is 0 Å². The van der Waals surface area contributed by atoms with Gasteiger partial charge in [0.2, 0.25) is 0 Å². The molecule has 0 unspecified atom stereocenters. The molecule has 0 saturated carbocycles. The maximum Gasteiger partial charge on any atom is 0.274 e. The normalized spacial score (nSPS) is 13.7. The number of hydrogen-bond donors (Lipinski definition) is 0. The van der Waals surface area contributed by atoms with Crippen molar-refractivity contribution in [1.82, 2.24) is 15.1 Å². The molecule has 134 valence electrons. The fraction of sp³-hybridized carbons (Fsp3) is 0.400. The molecule has 2 aromatic rings. The molecule has 0 N–H and O–H groups in total. The summed E-state index contributed by atoms with van der Waals surface area (Å²) in [6.45, 7) is 6.43. The van der Waals surface area contributed by atoms with Gasteiger partial charge < -0.3 is 9.80 Å². The molecule has 3 rings (SSSR count). The van der Waals surface area contributed by atoms with E-state index >= 15 is 0 Å². The first-order chi connectivity index (χ1) is 12.6. The zero-order chi connectivity index (χ0) is 18.5. The number of rotatable bonds is 5. The van der Waals surface area contributed by atoms with Crippen LogP contribution in [0.4, 0.5) is 5.82 Å². The van der Waals surface area contributed by atoms with Crippen molar-refractivity contribution < 1.29 is 4.79 Å². The Morgan fingerprint density at radius 2 is 1.85 bits per heavy atom. The van der Waals surface area contributed by atoms with Gasteiger partial charge in [0.15, 0.2) is 11.5 Å². The van der Waals surface area contributed by atoms with Crippen LogP contribution in [0.15, 0.2) is 36.4 Å². The fourth-order valence-electron chi connectivity index (χ4n) is 3.07. The van der Waals surface area contributed by atoms with Crippen molar-refractivity contribution in [1.29, 1.82) is 5.26 Å². The standard InChI is InChI=1S/C20H23N5O/c1-15(2)25(14-17-7-5-16(13-21)6-8-17)20(26)18-9-10-19(23-22-18)24-11-3-4-12-24/h5-10,15H,3-4,11-12,14H2,1-2H3. The molecule has 0 spiro atoms. The van der Waals surface area contributed by atoms with Gasteiger partial charge in [-0.05, 0) is 56.5 Å². The Labute approximate surface area is 154 Å². The van der Waals surface area contributed by atoms with E-state index in [2.05, 4.69) is 21.2 Å². The number of nitriles is 1. The fourth-order valence-corrected chi connectivity index (χ4v) is 3.07. The van der Waals surface area contributed by atoms with Crippen LogP contribution >= 0.6 is 0 Å². The van der Waals surface area contributed by atoms with Crippen molar-refractivity contribution >= 4 is 11.7 Å². The monoisotopic (exact) mass is 349 g/mol. The molecular formula is C20H23N5O. The maximum absolute atomic E-state index is 12.9. The third-order valence-corrected chi connectivity index (χ3v) is 4.62. The average Bonchev–Trinajstić information content (AvgIpc) is 3.21. The van der Waals surface area contributed by atoms with Gasteiger partial charge in [-0.2, -0.15) is 5.26 Å². The molecule has 6 heteroatoms. The minimum atomic E-state index is -0.134. The van der Waals surface area contributed by atoms with E-state index in [0.717, 1.165) is 24.5 Å². The number of anilines is 1. The van der Waals surface area contributed by atoms with E-state index < -0.39 is 0 Å². The van der Waals surface area contributed by atoms with E-state index in [-0.39, 0.29) is 11.9 Å². The summed E-state index contributed by atoms with van der Waals surface area (Å²) in [5.41, 5.74) is 1.95. The second kappa shape index (κ2) is 7.96. The summed E-state index contributed by atoms with van der Waals surface area (Å²) in [7, 11) is 0. The average molecular weight is 349 g/mol. The third kappa shape index (κ3) is 3.99. The summed E-state index contributed by atoms with van der Waals surface area (Å²) in [6.07, 6.45) is 2.35. The second-order valence-electron chi connectivity index (χ2n) is 6.81. The van der Waals surface area contributed by atoms with Gasteiger partial charge in [-0.15, -0.1) is 10.2 Å². The van der Waals surface area contributed by atoms with Crippen LogP contribution in [-0.4, -0.2) is 40.1 Å². The van der Waals surface area contributed by atoms with Crippen molar-refractivity contribution in [3.05, 3.63) is 53.2 Å². The summed E-state index contributed by atoms with van der Waals surface area (Å²) >= 11 is 0. The van der Waals surface area contributed by atoms with Crippen molar-refractivity contribution in [2.45, 2.75) is 39.3 Å². The van der Waals surface area contributed by atoms with E-state index in [1.807, 2.05) is 32.0 Å². The Balaban J connectivity index is 1.74. The van der Waals surface area contributed by atoms with Crippen molar-refractivity contribution in [2.75, 3.05) is 18.0 Å². The molecule has 1 saturated heterocycles. The first-order valence-electron chi connectivity index (χ1n) is 8.97. The van der Waals surface area contributed by atoms with E-state index in [0.29, 0.717) is 17.8 Å². The number of aromatic nitrogens is 2. The molecule has 0 atom stereocenters. The molecule has 1 fully saturated rings. The lowest BCUT2D eigenvalue weighted by atomic mass is 10.1. The Hall–Kier alpha value is -2.94. The zero-order valence-electron chi connectivity index (χ0n) is 15.2. The summed E-state index contributed by atoms with van der Waals surface area (Å²) in [5, 5.41) is 17.3. The Bertz CT molecular complexity index is 786. The van der Waals surface area contributed by atoms with Gasteiger partial charge in [-0.25, -0.2) is 0 Å². The molecule has 0 bridgehead atoms. The molecule has 1 amide bonds. The van der Waals surface area contributed by atoms with Crippen LogP contribution in [0, 0.1) is 11.3 Å². The van der Waals surface area contributed by atoms with E-state index in [4.69, 9.17) is 5.26 Å². The van der Waals surface area contributed by atoms with Crippen molar-refractivity contribution in [3.63, 3.8) is 0 Å². The predicted molar refractivity (Wildman–Crippen MR) is 99.6 cm³/mol. The van der Waals surface area contributed by atoms with E-state index in [9.17, 15) is 4.79 Å². The Morgan fingerprint density at radius 3 is 2.38 bits per heavy atom. The first-order valence-corrected chi connectivity index (χ1v) is 8.97. The first kappa shape index (κ1) is 17.9. The summed E-state index contributed by atoms with van der Waals surface area (Å²) in [4.78, 5) is 16.9. The minimum Gasteiger partial charge on any atom is -0.355 e. The van der Waals surface area contributed by atoms with Crippen LogP contribution < -0.4 is 4.90 Å². The minimum absolute atomic E-state index is 0.0261. The molecule has 26 heavy (non-hydrogen) atoms. The molecule has 1 aliphatic heterocycles. The number of amides is 1. The molecule has 1 aliphatic rings. The van der Waals surface area contributed by atoms with Crippen molar-refractivity contribution in [2.24, 2.45) is 0 Å². The van der Waals surface area contributed by atoms with Crippen LogP contribution in [0.5, 0.6) is 0 Å². The topological polar surface area (TPSA) is 73.1 Å². The number of carbonyl (C=O) groups excluding carboxylic acids is 1. The summed E-state index contributed by atoms with van der Waals surface area (Å²) < 4.78 is 0. The molecular weight excluding hydrogens is 326 g/mol. The Kier molecular flexibility index (Phi) is 5.47. The Morgan fingerprint density at radius 1 is 1.15 bits per heavy atom. The lowest BCUT2D eigenvalue weighted by molar-refractivity contribution is 0.0683. The number of carbonyl (C=O) groups is 1. The lowest BCUT2D eigenvalue weighted by Crippen LogP contribution is -2.37. The highest BCUT2D eigenvalue weighted by Crippen LogP contribution is 2.18. The van der Waals surface area contributed by atoms with Gasteiger partial charge in [-0.3, -0.25) is 4.79 Å². The van der Waals surface area contributed by atoms with Crippen LogP contribution in [0.2, 0.25) is 0 Å². The number of benzene rings is 1. The number of nitrogens with zero attached hydrogens (tertiary/aromatic N) is 5. The maximum atomic E-state index is 12.9. The van der Waals surface area contributed by atoms with Gasteiger partial charge in [-0.1, -0.05) is 12.1 Å². The molecule has 2 heterocycles. The smallest absolute Gasteiger partial charge is 0.274 e. The van der Waals surface area contributed by atoms with Crippen LogP contribution in [0.25, 0.3) is 0 Å². The molecule has 0 radical (unpaired) electrons. The van der Waals surface area contributed by atoms with E-state index in [1.165, 1.54) is 12.8 Å². The number of hydrogen-bond acceptors (Lipinski definition) is 5.